The Bertz CT molecular complexity index is 651. The molecular weight excluding hydrogens is 300 g/mol. The molecule has 2 aliphatic heterocycles. The van der Waals surface area contributed by atoms with Crippen LogP contribution in [0.4, 0.5) is 11.5 Å². The normalized spacial score (nSPS) is 24.8. The van der Waals surface area contributed by atoms with Crippen LogP contribution in [0.3, 0.4) is 0 Å². The molecule has 2 saturated heterocycles. The molecule has 2 fully saturated rings. The zero-order chi connectivity index (χ0) is 16.2. The van der Waals surface area contributed by atoms with E-state index in [9.17, 15) is 0 Å². The Morgan fingerprint density at radius 2 is 1.88 bits per heavy atom. The molecule has 0 amide bonds. The van der Waals surface area contributed by atoms with E-state index in [0.717, 1.165) is 45.2 Å². The second-order valence-corrected chi connectivity index (χ2v) is 6.90. The van der Waals surface area contributed by atoms with E-state index < -0.39 is 0 Å². The summed E-state index contributed by atoms with van der Waals surface area (Å²) in [6.45, 7) is 5.68. The molecule has 0 aliphatic carbocycles. The summed E-state index contributed by atoms with van der Waals surface area (Å²) >= 11 is 0. The summed E-state index contributed by atoms with van der Waals surface area (Å²) in [5, 5.41) is 0. The van der Waals surface area contributed by atoms with E-state index in [4.69, 9.17) is 4.74 Å². The minimum Gasteiger partial charge on any atom is -0.379 e. The molecule has 4 rings (SSSR count). The van der Waals surface area contributed by atoms with Gasteiger partial charge in [-0.15, -0.1) is 0 Å². The highest BCUT2D eigenvalue weighted by Gasteiger charge is 2.39. The van der Waals surface area contributed by atoms with E-state index in [1.54, 1.807) is 6.33 Å². The average molecular weight is 324 g/mol. The number of aromatic nitrogens is 2. The van der Waals surface area contributed by atoms with Crippen LogP contribution in [0.15, 0.2) is 48.9 Å². The molecule has 0 saturated carbocycles. The predicted octanol–water partition coefficient (Wildman–Crippen LogP) is 2.60. The van der Waals surface area contributed by atoms with E-state index in [0.29, 0.717) is 0 Å². The van der Waals surface area contributed by atoms with Crippen molar-refractivity contribution in [1.29, 1.82) is 0 Å². The Morgan fingerprint density at radius 1 is 1.00 bits per heavy atom. The molecule has 5 heteroatoms. The van der Waals surface area contributed by atoms with Crippen molar-refractivity contribution in [2.45, 2.75) is 12.8 Å². The van der Waals surface area contributed by atoms with Gasteiger partial charge in [0, 0.05) is 43.5 Å². The van der Waals surface area contributed by atoms with Gasteiger partial charge in [-0.25, -0.2) is 9.97 Å². The minimum atomic E-state index is 0.162. The molecule has 126 valence electrons. The zero-order valence-corrected chi connectivity index (χ0v) is 14.0. The molecule has 0 radical (unpaired) electrons. The second-order valence-electron chi connectivity index (χ2n) is 6.90. The fourth-order valence-corrected chi connectivity index (χ4v) is 3.97. The first-order valence-electron chi connectivity index (χ1n) is 8.73. The van der Waals surface area contributed by atoms with E-state index in [2.05, 4.69) is 50.1 Å². The van der Waals surface area contributed by atoms with E-state index in [1.807, 2.05) is 12.3 Å². The smallest absolute Gasteiger partial charge is 0.131 e. The molecule has 1 atom stereocenters. The first-order chi connectivity index (χ1) is 11.8. The molecular formula is C19H24N4O. The summed E-state index contributed by atoms with van der Waals surface area (Å²) in [6, 6.07) is 12.7. The third-order valence-corrected chi connectivity index (χ3v) is 5.11. The molecule has 1 aromatic carbocycles. The molecule has 24 heavy (non-hydrogen) atoms. The number of benzene rings is 1. The molecule has 2 aromatic rings. The summed E-state index contributed by atoms with van der Waals surface area (Å²) in [4.78, 5) is 13.4. The van der Waals surface area contributed by atoms with Gasteiger partial charge >= 0.3 is 0 Å². The van der Waals surface area contributed by atoms with Crippen LogP contribution in [0.2, 0.25) is 0 Å². The number of piperidine rings is 1. The third kappa shape index (κ3) is 3.22. The summed E-state index contributed by atoms with van der Waals surface area (Å²) < 4.78 is 6.02. The van der Waals surface area contributed by atoms with Crippen molar-refractivity contribution in [2.24, 2.45) is 5.41 Å². The number of nitrogens with zero attached hydrogens (tertiary/aromatic N) is 4. The monoisotopic (exact) mass is 324 g/mol. The van der Waals surface area contributed by atoms with Crippen LogP contribution in [0.25, 0.3) is 0 Å². The van der Waals surface area contributed by atoms with Gasteiger partial charge in [0.05, 0.1) is 13.2 Å². The third-order valence-electron chi connectivity index (χ3n) is 5.11. The van der Waals surface area contributed by atoms with Gasteiger partial charge in [0.25, 0.3) is 0 Å². The standard InChI is InChI=1S/C19H24N4O/c1-2-5-17(6-3-1)22-11-12-24-15-19(13-22)8-4-10-23(14-19)18-7-9-20-16-21-18/h1-3,5-7,9,16H,4,8,10-15H2/t19-/m0/s1. The molecule has 0 bridgehead atoms. The van der Waals surface area contributed by atoms with Crippen molar-refractivity contribution in [3.05, 3.63) is 48.9 Å². The number of rotatable bonds is 2. The van der Waals surface area contributed by atoms with Crippen molar-refractivity contribution >= 4 is 11.5 Å². The summed E-state index contributed by atoms with van der Waals surface area (Å²) in [7, 11) is 0. The molecule has 0 N–H and O–H groups in total. The lowest BCUT2D eigenvalue weighted by atomic mass is 9.80. The summed E-state index contributed by atoms with van der Waals surface area (Å²) in [5.74, 6) is 1.03. The highest BCUT2D eigenvalue weighted by Crippen LogP contribution is 2.35. The molecule has 5 nitrogen and oxygen atoms in total. The molecule has 3 heterocycles. The Morgan fingerprint density at radius 3 is 2.71 bits per heavy atom. The number of anilines is 2. The lowest BCUT2D eigenvalue weighted by molar-refractivity contribution is 0.0597. The van der Waals surface area contributed by atoms with Crippen LogP contribution in [0, 0.1) is 5.41 Å². The Labute approximate surface area is 143 Å². The Kier molecular flexibility index (Phi) is 4.34. The van der Waals surface area contributed by atoms with Gasteiger partial charge in [0.15, 0.2) is 0 Å². The summed E-state index contributed by atoms with van der Waals surface area (Å²) in [6.07, 6.45) is 5.84. The van der Waals surface area contributed by atoms with Crippen molar-refractivity contribution in [3.8, 4) is 0 Å². The highest BCUT2D eigenvalue weighted by molar-refractivity contribution is 5.47. The van der Waals surface area contributed by atoms with Crippen LogP contribution in [-0.2, 0) is 4.74 Å². The lowest BCUT2D eigenvalue weighted by Gasteiger charge is -2.44. The van der Waals surface area contributed by atoms with Gasteiger partial charge in [0.1, 0.15) is 12.1 Å². The average Bonchev–Trinajstić information content (AvgIpc) is 2.86. The van der Waals surface area contributed by atoms with Crippen LogP contribution in [0.1, 0.15) is 12.8 Å². The fraction of sp³-hybridized carbons (Fsp3) is 0.474. The SMILES string of the molecule is c1ccc(N2CCOC[C@@]3(CCCN(c4ccncn4)C3)C2)cc1. The van der Waals surface area contributed by atoms with Crippen LogP contribution in [0.5, 0.6) is 0 Å². The zero-order valence-electron chi connectivity index (χ0n) is 14.0. The van der Waals surface area contributed by atoms with Gasteiger partial charge in [-0.1, -0.05) is 18.2 Å². The first kappa shape index (κ1) is 15.4. The van der Waals surface area contributed by atoms with E-state index in [1.165, 1.54) is 18.5 Å². The van der Waals surface area contributed by atoms with Crippen LogP contribution in [-0.4, -0.2) is 49.4 Å². The van der Waals surface area contributed by atoms with Gasteiger partial charge in [0.2, 0.25) is 0 Å². The van der Waals surface area contributed by atoms with Crippen molar-refractivity contribution in [3.63, 3.8) is 0 Å². The fourth-order valence-electron chi connectivity index (χ4n) is 3.97. The predicted molar refractivity (Wildman–Crippen MR) is 95.4 cm³/mol. The second kappa shape index (κ2) is 6.77. The quantitative estimate of drug-likeness (QED) is 0.849. The van der Waals surface area contributed by atoms with Crippen LogP contribution < -0.4 is 9.80 Å². The number of ether oxygens (including phenoxy) is 1. The first-order valence-corrected chi connectivity index (χ1v) is 8.73. The van der Waals surface area contributed by atoms with Gasteiger partial charge < -0.3 is 14.5 Å². The molecule has 0 unspecified atom stereocenters. The molecule has 1 aromatic heterocycles. The minimum absolute atomic E-state index is 0.162. The number of hydrogen-bond acceptors (Lipinski definition) is 5. The van der Waals surface area contributed by atoms with E-state index >= 15 is 0 Å². The molecule has 2 aliphatic rings. The van der Waals surface area contributed by atoms with Gasteiger partial charge in [-0.05, 0) is 31.0 Å². The van der Waals surface area contributed by atoms with E-state index in [-0.39, 0.29) is 5.41 Å². The molecule has 1 spiro atoms. The van der Waals surface area contributed by atoms with Crippen molar-refractivity contribution < 1.29 is 4.74 Å². The number of hydrogen-bond donors (Lipinski definition) is 0. The maximum absolute atomic E-state index is 6.02. The maximum atomic E-state index is 6.02. The lowest BCUT2D eigenvalue weighted by Crippen LogP contribution is -2.51. The van der Waals surface area contributed by atoms with Crippen LogP contribution >= 0.6 is 0 Å². The topological polar surface area (TPSA) is 41.5 Å². The Hall–Kier alpha value is -2.14. The Balaban J connectivity index is 1.56. The number of para-hydroxylation sites is 1. The largest absolute Gasteiger partial charge is 0.379 e. The van der Waals surface area contributed by atoms with Crippen molar-refractivity contribution in [2.75, 3.05) is 49.2 Å². The summed E-state index contributed by atoms with van der Waals surface area (Å²) in [5.41, 5.74) is 1.46. The van der Waals surface area contributed by atoms with Gasteiger partial charge in [-0.2, -0.15) is 0 Å². The van der Waals surface area contributed by atoms with Gasteiger partial charge in [-0.3, -0.25) is 0 Å². The van der Waals surface area contributed by atoms with Crippen molar-refractivity contribution in [1.82, 2.24) is 9.97 Å². The highest BCUT2D eigenvalue weighted by atomic mass is 16.5. The maximum Gasteiger partial charge on any atom is 0.131 e.